The fourth-order valence-corrected chi connectivity index (χ4v) is 1.46. The Hall–Kier alpha value is -1.25. The molecule has 0 unspecified atom stereocenters. The fraction of sp³-hybridized carbons (Fsp3) is 0.500. The van der Waals surface area contributed by atoms with Crippen LogP contribution in [0.15, 0.2) is 12.3 Å². The van der Waals surface area contributed by atoms with E-state index in [1.165, 1.54) is 19.3 Å². The van der Waals surface area contributed by atoms with Crippen LogP contribution in [-0.2, 0) is 0 Å². The molecule has 0 aliphatic heterocycles. The fourth-order valence-electron chi connectivity index (χ4n) is 1.46. The molecule has 0 atom stereocenters. The van der Waals surface area contributed by atoms with Crippen LogP contribution in [0.4, 0.5) is 11.5 Å². The first kappa shape index (κ1) is 8.35. The van der Waals surface area contributed by atoms with Crippen molar-refractivity contribution in [1.29, 1.82) is 0 Å². The molecule has 0 aromatic carbocycles. The summed E-state index contributed by atoms with van der Waals surface area (Å²) in [6.45, 7) is 2.00. The van der Waals surface area contributed by atoms with E-state index < -0.39 is 0 Å². The second kappa shape index (κ2) is 3.24. The number of hydrogen-bond donors (Lipinski definition) is 2. The van der Waals surface area contributed by atoms with E-state index in [1.807, 2.05) is 19.2 Å². The normalized spacial score (nSPS) is 16.7. The van der Waals surface area contributed by atoms with Gasteiger partial charge in [-0.25, -0.2) is 4.98 Å². The number of nitrogen functional groups attached to an aromatic ring is 1. The zero-order valence-corrected chi connectivity index (χ0v) is 7.88. The van der Waals surface area contributed by atoms with E-state index in [9.17, 15) is 0 Å². The third-order valence-corrected chi connectivity index (χ3v) is 2.50. The molecule has 1 aliphatic rings. The van der Waals surface area contributed by atoms with Crippen LogP contribution < -0.4 is 11.1 Å². The lowest BCUT2D eigenvalue weighted by Crippen LogP contribution is -2.27. The van der Waals surface area contributed by atoms with Crippen molar-refractivity contribution in [3.8, 4) is 0 Å². The van der Waals surface area contributed by atoms with Gasteiger partial charge in [0.25, 0.3) is 0 Å². The van der Waals surface area contributed by atoms with Crippen molar-refractivity contribution in [2.24, 2.45) is 0 Å². The van der Waals surface area contributed by atoms with Crippen LogP contribution >= 0.6 is 0 Å². The summed E-state index contributed by atoms with van der Waals surface area (Å²) in [5.41, 5.74) is 7.69. The number of nitrogens with one attached hydrogen (secondary N) is 1. The highest BCUT2D eigenvalue weighted by atomic mass is 15.0. The third-order valence-electron chi connectivity index (χ3n) is 2.50. The van der Waals surface area contributed by atoms with Crippen molar-refractivity contribution >= 4 is 11.5 Å². The standard InChI is InChI=1S/C10H15N3/c1-7-5-9(11)10(12-6-7)13-8-3-2-4-8/h5-6,8H,2-4,11H2,1H3,(H,12,13). The molecule has 1 heterocycles. The Labute approximate surface area is 78.4 Å². The van der Waals surface area contributed by atoms with Gasteiger partial charge in [0.15, 0.2) is 0 Å². The second-order valence-corrected chi connectivity index (χ2v) is 3.72. The minimum absolute atomic E-state index is 0.595. The lowest BCUT2D eigenvalue weighted by Gasteiger charge is -2.27. The van der Waals surface area contributed by atoms with Crippen LogP contribution in [0, 0.1) is 6.92 Å². The summed E-state index contributed by atoms with van der Waals surface area (Å²) in [5.74, 6) is 0.843. The Kier molecular flexibility index (Phi) is 2.08. The van der Waals surface area contributed by atoms with Crippen molar-refractivity contribution in [3.05, 3.63) is 17.8 Å². The molecule has 0 radical (unpaired) electrons. The lowest BCUT2D eigenvalue weighted by atomic mass is 9.93. The highest BCUT2D eigenvalue weighted by molar-refractivity contribution is 5.62. The van der Waals surface area contributed by atoms with E-state index in [4.69, 9.17) is 5.73 Å². The van der Waals surface area contributed by atoms with Gasteiger partial charge < -0.3 is 11.1 Å². The Balaban J connectivity index is 2.10. The molecule has 3 N–H and O–H groups in total. The zero-order valence-electron chi connectivity index (χ0n) is 7.88. The number of aromatic nitrogens is 1. The molecule has 1 fully saturated rings. The van der Waals surface area contributed by atoms with Gasteiger partial charge >= 0.3 is 0 Å². The predicted octanol–water partition coefficient (Wildman–Crippen LogP) is 1.94. The number of aryl methyl sites for hydroxylation is 1. The smallest absolute Gasteiger partial charge is 0.149 e. The van der Waals surface area contributed by atoms with E-state index in [-0.39, 0.29) is 0 Å². The maximum Gasteiger partial charge on any atom is 0.149 e. The summed E-state index contributed by atoms with van der Waals surface area (Å²) in [7, 11) is 0. The number of pyridine rings is 1. The first-order valence-corrected chi connectivity index (χ1v) is 4.74. The summed E-state index contributed by atoms with van der Waals surface area (Å²) in [6, 6.07) is 2.55. The molecule has 1 aliphatic carbocycles. The summed E-state index contributed by atoms with van der Waals surface area (Å²) >= 11 is 0. The largest absolute Gasteiger partial charge is 0.396 e. The van der Waals surface area contributed by atoms with Crippen molar-refractivity contribution in [2.75, 3.05) is 11.1 Å². The van der Waals surface area contributed by atoms with Gasteiger partial charge in [0.05, 0.1) is 5.69 Å². The van der Waals surface area contributed by atoms with Gasteiger partial charge in [-0.1, -0.05) is 0 Å². The summed E-state index contributed by atoms with van der Waals surface area (Å²) in [4.78, 5) is 4.26. The Morgan fingerprint density at radius 1 is 1.54 bits per heavy atom. The van der Waals surface area contributed by atoms with E-state index in [1.54, 1.807) is 0 Å². The van der Waals surface area contributed by atoms with E-state index in [2.05, 4.69) is 10.3 Å². The Morgan fingerprint density at radius 2 is 2.31 bits per heavy atom. The summed E-state index contributed by atoms with van der Waals surface area (Å²) in [6.07, 6.45) is 5.66. The van der Waals surface area contributed by atoms with Crippen LogP contribution in [0.3, 0.4) is 0 Å². The molecule has 3 nitrogen and oxygen atoms in total. The van der Waals surface area contributed by atoms with Crippen molar-refractivity contribution in [2.45, 2.75) is 32.2 Å². The predicted molar refractivity (Wildman–Crippen MR) is 54.6 cm³/mol. The van der Waals surface area contributed by atoms with Gasteiger partial charge in [0.1, 0.15) is 5.82 Å². The third kappa shape index (κ3) is 1.74. The number of hydrogen-bond acceptors (Lipinski definition) is 3. The summed E-state index contributed by atoms with van der Waals surface area (Å²) in [5, 5.41) is 3.34. The van der Waals surface area contributed by atoms with Gasteiger partial charge in [-0.3, -0.25) is 0 Å². The van der Waals surface area contributed by atoms with Gasteiger partial charge in [0, 0.05) is 12.2 Å². The molecule has 1 aromatic rings. The van der Waals surface area contributed by atoms with E-state index in [0.717, 1.165) is 17.1 Å². The first-order valence-electron chi connectivity index (χ1n) is 4.74. The molecular formula is C10H15N3. The van der Waals surface area contributed by atoms with Crippen molar-refractivity contribution < 1.29 is 0 Å². The molecule has 70 valence electrons. The Bertz CT molecular complexity index is 305. The van der Waals surface area contributed by atoms with E-state index in [0.29, 0.717) is 6.04 Å². The van der Waals surface area contributed by atoms with Crippen LogP contribution in [0.5, 0.6) is 0 Å². The van der Waals surface area contributed by atoms with Gasteiger partial charge in [0.2, 0.25) is 0 Å². The number of nitrogens with zero attached hydrogens (tertiary/aromatic N) is 1. The molecule has 13 heavy (non-hydrogen) atoms. The first-order chi connectivity index (χ1) is 6.25. The Morgan fingerprint density at radius 3 is 2.85 bits per heavy atom. The molecule has 0 bridgehead atoms. The van der Waals surface area contributed by atoms with E-state index >= 15 is 0 Å². The van der Waals surface area contributed by atoms with Gasteiger partial charge in [-0.05, 0) is 37.8 Å². The molecule has 2 rings (SSSR count). The number of nitrogens with two attached hydrogens (primary N) is 1. The SMILES string of the molecule is Cc1cnc(NC2CCC2)c(N)c1. The zero-order chi connectivity index (χ0) is 9.26. The molecular weight excluding hydrogens is 162 g/mol. The van der Waals surface area contributed by atoms with Crippen molar-refractivity contribution in [1.82, 2.24) is 4.98 Å². The van der Waals surface area contributed by atoms with Crippen LogP contribution in [0.2, 0.25) is 0 Å². The maximum absolute atomic E-state index is 5.82. The van der Waals surface area contributed by atoms with Crippen molar-refractivity contribution in [3.63, 3.8) is 0 Å². The van der Waals surface area contributed by atoms with Crippen LogP contribution in [0.1, 0.15) is 24.8 Å². The molecule has 1 saturated carbocycles. The molecule has 0 saturated heterocycles. The monoisotopic (exact) mass is 177 g/mol. The average molecular weight is 177 g/mol. The average Bonchev–Trinajstić information content (AvgIpc) is 1.99. The van der Waals surface area contributed by atoms with Gasteiger partial charge in [-0.2, -0.15) is 0 Å². The maximum atomic E-state index is 5.82. The second-order valence-electron chi connectivity index (χ2n) is 3.72. The summed E-state index contributed by atoms with van der Waals surface area (Å²) < 4.78 is 0. The lowest BCUT2D eigenvalue weighted by molar-refractivity contribution is 0.444. The minimum Gasteiger partial charge on any atom is -0.396 e. The highest BCUT2D eigenvalue weighted by Crippen LogP contribution is 2.25. The number of anilines is 2. The molecule has 0 amide bonds. The molecule has 0 spiro atoms. The van der Waals surface area contributed by atoms with Crippen LogP contribution in [-0.4, -0.2) is 11.0 Å². The number of rotatable bonds is 2. The van der Waals surface area contributed by atoms with Gasteiger partial charge in [-0.15, -0.1) is 0 Å². The quantitative estimate of drug-likeness (QED) is 0.725. The minimum atomic E-state index is 0.595. The molecule has 3 heteroatoms. The topological polar surface area (TPSA) is 50.9 Å². The highest BCUT2D eigenvalue weighted by Gasteiger charge is 2.17. The van der Waals surface area contributed by atoms with Crippen LogP contribution in [0.25, 0.3) is 0 Å². The molecule has 1 aromatic heterocycles.